The molecule has 0 radical (unpaired) electrons. The lowest BCUT2D eigenvalue weighted by atomic mass is 10.1. The average molecular weight is 404 g/mol. The summed E-state index contributed by atoms with van der Waals surface area (Å²) in [5, 5.41) is 4.14. The normalized spacial score (nSPS) is 19.6. The Bertz CT molecular complexity index is 730. The molecule has 0 unspecified atom stereocenters. The lowest BCUT2D eigenvalue weighted by Gasteiger charge is -2.30. The molecule has 0 spiro atoms. The fourth-order valence-electron chi connectivity index (χ4n) is 2.99. The number of morpholine rings is 1. The number of nitrogens with one attached hydrogen (secondary N) is 1. The molecule has 0 aromatic heterocycles. The molecule has 2 heterocycles. The summed E-state index contributed by atoms with van der Waals surface area (Å²) in [6.45, 7) is 3.37. The van der Waals surface area contributed by atoms with Gasteiger partial charge in [-0.15, -0.1) is 0 Å². The molecule has 2 aliphatic rings. The molecule has 0 atom stereocenters. The van der Waals surface area contributed by atoms with Crippen LogP contribution in [-0.4, -0.2) is 62.1 Å². The zero-order chi connectivity index (χ0) is 17.9. The van der Waals surface area contributed by atoms with Gasteiger partial charge in [-0.25, -0.2) is 8.42 Å². The van der Waals surface area contributed by atoms with Crippen molar-refractivity contribution in [1.29, 1.82) is 0 Å². The van der Waals surface area contributed by atoms with Gasteiger partial charge in [0.25, 0.3) is 0 Å². The summed E-state index contributed by atoms with van der Waals surface area (Å²) in [4.78, 5) is 2.31. The van der Waals surface area contributed by atoms with Gasteiger partial charge >= 0.3 is 0 Å². The molecule has 1 N–H and O–H groups in total. The predicted octanol–water partition coefficient (Wildman–Crippen LogP) is 2.54. The van der Waals surface area contributed by atoms with Gasteiger partial charge in [-0.2, -0.15) is 4.31 Å². The molecule has 0 saturated carbocycles. The van der Waals surface area contributed by atoms with Gasteiger partial charge in [-0.1, -0.05) is 11.6 Å². The lowest BCUT2D eigenvalue weighted by Crippen LogP contribution is -2.40. The number of rotatable bonds is 3. The molecule has 6 nitrogen and oxygen atoms in total. The fraction of sp³-hybridized carbons (Fsp3) is 0.562. The van der Waals surface area contributed by atoms with Crippen molar-refractivity contribution in [3.8, 4) is 0 Å². The number of sulfonamides is 1. The van der Waals surface area contributed by atoms with Crippen molar-refractivity contribution in [3.63, 3.8) is 0 Å². The summed E-state index contributed by atoms with van der Waals surface area (Å²) in [6.07, 6.45) is 3.44. The zero-order valence-electron chi connectivity index (χ0n) is 13.9. The first kappa shape index (κ1) is 18.8. The summed E-state index contributed by atoms with van der Waals surface area (Å²) >= 11 is 11.7. The lowest BCUT2D eigenvalue weighted by molar-refractivity contribution is 0.0730. The first-order valence-electron chi connectivity index (χ1n) is 8.42. The van der Waals surface area contributed by atoms with Crippen molar-refractivity contribution in [1.82, 2.24) is 9.21 Å². The molecule has 2 fully saturated rings. The average Bonchev–Trinajstić information content (AvgIpc) is 2.64. The van der Waals surface area contributed by atoms with Crippen molar-refractivity contribution >= 4 is 44.6 Å². The van der Waals surface area contributed by atoms with Crippen LogP contribution in [0.2, 0.25) is 5.02 Å². The Morgan fingerprint density at radius 1 is 1.12 bits per heavy atom. The van der Waals surface area contributed by atoms with Crippen molar-refractivity contribution < 1.29 is 13.2 Å². The van der Waals surface area contributed by atoms with Crippen molar-refractivity contribution in [2.24, 2.45) is 0 Å². The molecule has 138 valence electrons. The van der Waals surface area contributed by atoms with E-state index in [0.29, 0.717) is 42.1 Å². The molecular formula is C16H22ClN3O3S2. The highest BCUT2D eigenvalue weighted by molar-refractivity contribution is 7.89. The van der Waals surface area contributed by atoms with Crippen LogP contribution >= 0.6 is 23.8 Å². The highest BCUT2D eigenvalue weighted by atomic mass is 35.5. The largest absolute Gasteiger partial charge is 0.379 e. The molecule has 2 aliphatic heterocycles. The molecule has 1 aromatic carbocycles. The van der Waals surface area contributed by atoms with E-state index in [0.717, 1.165) is 25.9 Å². The minimum Gasteiger partial charge on any atom is -0.379 e. The summed E-state index contributed by atoms with van der Waals surface area (Å²) < 4.78 is 32.3. The van der Waals surface area contributed by atoms with E-state index >= 15 is 0 Å². The Labute approximate surface area is 159 Å². The maximum atomic E-state index is 12.8. The molecule has 9 heteroatoms. The van der Waals surface area contributed by atoms with Crippen LogP contribution in [-0.2, 0) is 14.8 Å². The number of hydrogen-bond donors (Lipinski definition) is 1. The smallest absolute Gasteiger partial charge is 0.243 e. The summed E-state index contributed by atoms with van der Waals surface area (Å²) in [6, 6.07) is 4.68. The standard InChI is InChI=1S/C16H22ClN3O3S2/c17-14-5-4-13(25(21,22)20-8-10-23-11-9-20)12-15(14)18-16(24)19-6-2-1-3-7-19/h4-5,12H,1-3,6-11H2,(H,18,24). The Morgan fingerprint density at radius 2 is 1.80 bits per heavy atom. The second kappa shape index (κ2) is 8.18. The first-order chi connectivity index (χ1) is 12.0. The monoisotopic (exact) mass is 403 g/mol. The van der Waals surface area contributed by atoms with Gasteiger partial charge in [-0.05, 0) is 49.7 Å². The minimum absolute atomic E-state index is 0.211. The maximum absolute atomic E-state index is 12.8. The van der Waals surface area contributed by atoms with Gasteiger partial charge in [0.05, 0.1) is 28.8 Å². The number of ether oxygens (including phenoxy) is 1. The summed E-state index contributed by atoms with van der Waals surface area (Å²) in [5.74, 6) is 0. The van der Waals surface area contributed by atoms with Crippen LogP contribution < -0.4 is 5.32 Å². The van der Waals surface area contributed by atoms with Crippen molar-refractivity contribution in [2.45, 2.75) is 24.2 Å². The number of anilines is 1. The van der Waals surface area contributed by atoms with Crippen LogP contribution in [0.25, 0.3) is 0 Å². The van der Waals surface area contributed by atoms with E-state index in [1.54, 1.807) is 12.1 Å². The van der Waals surface area contributed by atoms with Crippen LogP contribution in [0, 0.1) is 0 Å². The Balaban J connectivity index is 1.79. The number of thiocarbonyl (C=S) groups is 1. The number of nitrogens with zero attached hydrogens (tertiary/aromatic N) is 2. The first-order valence-corrected chi connectivity index (χ1v) is 10.6. The highest BCUT2D eigenvalue weighted by Gasteiger charge is 2.27. The van der Waals surface area contributed by atoms with E-state index in [1.807, 2.05) is 0 Å². The Hall–Kier alpha value is -0.930. The number of halogens is 1. The molecular weight excluding hydrogens is 382 g/mol. The van der Waals surface area contributed by atoms with Gasteiger partial charge in [-0.3, -0.25) is 0 Å². The van der Waals surface area contributed by atoms with Gasteiger partial charge in [0.1, 0.15) is 0 Å². The van der Waals surface area contributed by atoms with Crippen LogP contribution in [0.15, 0.2) is 23.1 Å². The molecule has 2 saturated heterocycles. The van der Waals surface area contributed by atoms with Crippen LogP contribution in [0.1, 0.15) is 19.3 Å². The van der Waals surface area contributed by atoms with E-state index in [4.69, 9.17) is 28.6 Å². The summed E-state index contributed by atoms with van der Waals surface area (Å²) in [7, 11) is -3.56. The minimum atomic E-state index is -3.56. The molecule has 1 aromatic rings. The second-order valence-electron chi connectivity index (χ2n) is 6.14. The number of benzene rings is 1. The maximum Gasteiger partial charge on any atom is 0.243 e. The van der Waals surface area contributed by atoms with E-state index in [1.165, 1.54) is 16.8 Å². The zero-order valence-corrected chi connectivity index (χ0v) is 16.3. The third-order valence-corrected chi connectivity index (χ3v) is 7.02. The number of likely N-dealkylation sites (tertiary alicyclic amines) is 1. The predicted molar refractivity (Wildman–Crippen MR) is 103 cm³/mol. The van der Waals surface area contributed by atoms with Gasteiger partial charge < -0.3 is 15.0 Å². The molecule has 25 heavy (non-hydrogen) atoms. The van der Waals surface area contributed by atoms with Gasteiger partial charge in [0.2, 0.25) is 10.0 Å². The van der Waals surface area contributed by atoms with Crippen LogP contribution in [0.3, 0.4) is 0 Å². The second-order valence-corrected chi connectivity index (χ2v) is 8.87. The van der Waals surface area contributed by atoms with Crippen LogP contribution in [0.4, 0.5) is 5.69 Å². The van der Waals surface area contributed by atoms with E-state index in [-0.39, 0.29) is 4.90 Å². The highest BCUT2D eigenvalue weighted by Crippen LogP contribution is 2.28. The third-order valence-electron chi connectivity index (χ3n) is 4.43. The quantitative estimate of drug-likeness (QED) is 0.782. The van der Waals surface area contributed by atoms with E-state index < -0.39 is 10.0 Å². The molecule has 3 rings (SSSR count). The topological polar surface area (TPSA) is 61.9 Å². The Morgan fingerprint density at radius 3 is 2.48 bits per heavy atom. The fourth-order valence-corrected chi connectivity index (χ4v) is 4.88. The Kier molecular flexibility index (Phi) is 6.17. The van der Waals surface area contributed by atoms with E-state index in [2.05, 4.69) is 10.2 Å². The summed E-state index contributed by atoms with van der Waals surface area (Å²) in [5.41, 5.74) is 0.520. The molecule has 0 aliphatic carbocycles. The number of piperidine rings is 1. The molecule has 0 amide bonds. The van der Waals surface area contributed by atoms with Crippen molar-refractivity contribution in [2.75, 3.05) is 44.7 Å². The SMILES string of the molecule is O=S(=O)(c1ccc(Cl)c(NC(=S)N2CCCCC2)c1)N1CCOCC1. The van der Waals surface area contributed by atoms with Crippen molar-refractivity contribution in [3.05, 3.63) is 23.2 Å². The number of hydrogen-bond acceptors (Lipinski definition) is 4. The molecule has 0 bridgehead atoms. The van der Waals surface area contributed by atoms with Gasteiger partial charge in [0.15, 0.2) is 5.11 Å². The van der Waals surface area contributed by atoms with Crippen LogP contribution in [0.5, 0.6) is 0 Å². The van der Waals surface area contributed by atoms with E-state index in [9.17, 15) is 8.42 Å². The third kappa shape index (κ3) is 4.43. The van der Waals surface area contributed by atoms with Gasteiger partial charge in [0, 0.05) is 26.2 Å².